The maximum absolute atomic E-state index is 9.42. The average molecular weight is 327 g/mol. The molecule has 1 aromatic carbocycles. The van der Waals surface area contributed by atoms with Gasteiger partial charge >= 0.3 is 0 Å². The lowest BCUT2D eigenvalue weighted by atomic mass is 10.2. The largest absolute Gasteiger partial charge is 0.463 e. The van der Waals surface area contributed by atoms with Gasteiger partial charge in [0.2, 0.25) is 4.96 Å². The molecular formula is C15H7ClN4OS. The minimum absolute atomic E-state index is 0.362. The fourth-order valence-electron chi connectivity index (χ4n) is 2.14. The van der Waals surface area contributed by atoms with Crippen LogP contribution in [0.3, 0.4) is 0 Å². The molecule has 0 spiro atoms. The molecule has 0 atom stereocenters. The fraction of sp³-hybridized carbons (Fsp3) is 0. The molecule has 22 heavy (non-hydrogen) atoms. The molecule has 0 fully saturated rings. The van der Waals surface area contributed by atoms with Crippen molar-refractivity contribution in [2.24, 2.45) is 0 Å². The van der Waals surface area contributed by atoms with Crippen LogP contribution in [0.15, 0.2) is 47.1 Å². The van der Waals surface area contributed by atoms with Gasteiger partial charge in [-0.05, 0) is 24.3 Å². The van der Waals surface area contributed by atoms with Crippen molar-refractivity contribution in [3.05, 3.63) is 53.4 Å². The maximum atomic E-state index is 9.42. The van der Waals surface area contributed by atoms with E-state index in [1.807, 2.05) is 12.1 Å². The zero-order valence-corrected chi connectivity index (χ0v) is 12.6. The first-order valence-corrected chi connectivity index (χ1v) is 7.55. The predicted octanol–water partition coefficient (Wildman–Crippen LogP) is 4.24. The molecule has 4 aromatic rings. The lowest BCUT2D eigenvalue weighted by molar-refractivity contribution is 0.580. The van der Waals surface area contributed by atoms with Gasteiger partial charge in [-0.15, -0.1) is 0 Å². The van der Waals surface area contributed by atoms with Crippen molar-refractivity contribution in [2.75, 3.05) is 0 Å². The van der Waals surface area contributed by atoms with Gasteiger partial charge in [-0.25, -0.2) is 4.98 Å². The molecule has 0 N–H and O–H groups in total. The van der Waals surface area contributed by atoms with Gasteiger partial charge in [0.15, 0.2) is 11.5 Å². The highest BCUT2D eigenvalue weighted by atomic mass is 35.5. The average Bonchev–Trinajstić information content (AvgIpc) is 3.22. The number of imidazole rings is 1. The van der Waals surface area contributed by atoms with Crippen molar-refractivity contribution in [3.63, 3.8) is 0 Å². The van der Waals surface area contributed by atoms with E-state index in [2.05, 4.69) is 16.2 Å². The number of nitriles is 1. The summed E-state index contributed by atoms with van der Waals surface area (Å²) in [5.74, 6) is 0.558. The topological polar surface area (TPSA) is 67.1 Å². The first kappa shape index (κ1) is 13.1. The smallest absolute Gasteiger partial charge is 0.214 e. The Bertz CT molecular complexity index is 993. The summed E-state index contributed by atoms with van der Waals surface area (Å²) in [7, 11) is 0. The van der Waals surface area contributed by atoms with E-state index in [0.717, 1.165) is 10.6 Å². The minimum atomic E-state index is 0.362. The number of hydrogen-bond acceptors (Lipinski definition) is 5. The van der Waals surface area contributed by atoms with Crippen molar-refractivity contribution in [1.82, 2.24) is 14.6 Å². The molecule has 3 aromatic heterocycles. The summed E-state index contributed by atoms with van der Waals surface area (Å²) in [4.78, 5) is 5.11. The van der Waals surface area contributed by atoms with E-state index in [1.165, 1.54) is 11.3 Å². The van der Waals surface area contributed by atoms with Crippen LogP contribution < -0.4 is 0 Å². The van der Waals surface area contributed by atoms with E-state index in [9.17, 15) is 5.26 Å². The molecule has 0 unspecified atom stereocenters. The third-order valence-corrected chi connectivity index (χ3v) is 4.36. The van der Waals surface area contributed by atoms with Crippen LogP contribution in [-0.4, -0.2) is 14.6 Å². The van der Waals surface area contributed by atoms with Gasteiger partial charge in [0.05, 0.1) is 6.26 Å². The van der Waals surface area contributed by atoms with Gasteiger partial charge in [-0.3, -0.25) is 0 Å². The molecule has 0 aliphatic heterocycles. The summed E-state index contributed by atoms with van der Waals surface area (Å²) in [6.07, 6.45) is 1.55. The fourth-order valence-corrected chi connectivity index (χ4v) is 3.17. The molecule has 106 valence electrons. The maximum Gasteiger partial charge on any atom is 0.214 e. The standard InChI is InChI=1S/C15H7ClN4OS/c16-10-5-3-9(4-6-10)14-19-20-11(8-17)13(18-15(20)22-14)12-2-1-7-21-12/h1-7H. The Labute approximate surface area is 134 Å². The zero-order valence-electron chi connectivity index (χ0n) is 11.0. The van der Waals surface area contributed by atoms with Gasteiger partial charge < -0.3 is 4.42 Å². The van der Waals surface area contributed by atoms with E-state index in [4.69, 9.17) is 16.0 Å². The molecule has 4 rings (SSSR count). The summed E-state index contributed by atoms with van der Waals surface area (Å²) < 4.78 is 6.87. The third kappa shape index (κ3) is 1.99. The molecule has 0 saturated heterocycles. The van der Waals surface area contributed by atoms with Crippen molar-refractivity contribution in [3.8, 4) is 28.1 Å². The van der Waals surface area contributed by atoms with Gasteiger partial charge in [0.1, 0.15) is 16.8 Å². The highest BCUT2D eigenvalue weighted by molar-refractivity contribution is 7.19. The van der Waals surface area contributed by atoms with Crippen LogP contribution in [0.4, 0.5) is 0 Å². The van der Waals surface area contributed by atoms with E-state index >= 15 is 0 Å². The Morgan fingerprint density at radius 1 is 1.23 bits per heavy atom. The number of benzene rings is 1. The highest BCUT2D eigenvalue weighted by Gasteiger charge is 2.19. The molecule has 5 nitrogen and oxygen atoms in total. The van der Waals surface area contributed by atoms with Crippen molar-refractivity contribution < 1.29 is 4.42 Å². The Morgan fingerprint density at radius 3 is 2.73 bits per heavy atom. The first-order valence-electron chi connectivity index (χ1n) is 6.36. The number of halogens is 1. The van der Waals surface area contributed by atoms with E-state index in [1.54, 1.807) is 35.0 Å². The third-order valence-electron chi connectivity index (χ3n) is 3.16. The summed E-state index contributed by atoms with van der Waals surface area (Å²) >= 11 is 7.30. The summed E-state index contributed by atoms with van der Waals surface area (Å²) in [5.41, 5.74) is 1.80. The SMILES string of the molecule is N#Cc1c(-c2ccco2)nc2sc(-c3ccc(Cl)cc3)nn12. The summed E-state index contributed by atoms with van der Waals surface area (Å²) in [6.45, 7) is 0. The molecular weight excluding hydrogens is 320 g/mol. The van der Waals surface area contributed by atoms with Gasteiger partial charge in [-0.1, -0.05) is 35.1 Å². The monoisotopic (exact) mass is 326 g/mol. The molecule has 0 radical (unpaired) electrons. The van der Waals surface area contributed by atoms with Crippen molar-refractivity contribution in [2.45, 2.75) is 0 Å². The molecule has 3 heterocycles. The zero-order chi connectivity index (χ0) is 15.1. The van der Waals surface area contributed by atoms with Crippen molar-refractivity contribution in [1.29, 1.82) is 5.26 Å². The second-order valence-corrected chi connectivity index (χ2v) is 5.90. The molecule has 7 heteroatoms. The van der Waals surface area contributed by atoms with Crippen LogP contribution in [-0.2, 0) is 0 Å². The van der Waals surface area contributed by atoms with Crippen molar-refractivity contribution >= 4 is 27.9 Å². The quantitative estimate of drug-likeness (QED) is 0.552. The van der Waals surface area contributed by atoms with Crippen LogP contribution in [0.1, 0.15) is 5.69 Å². The molecule has 0 bridgehead atoms. The second-order valence-electron chi connectivity index (χ2n) is 4.51. The molecule has 0 saturated carbocycles. The Kier molecular flexibility index (Phi) is 2.96. The number of fused-ring (bicyclic) bond motifs is 1. The molecule has 0 amide bonds. The summed E-state index contributed by atoms with van der Waals surface area (Å²) in [6, 6.07) is 13.1. The van der Waals surface area contributed by atoms with Gasteiger partial charge in [0.25, 0.3) is 0 Å². The highest BCUT2D eigenvalue weighted by Crippen LogP contribution is 2.31. The van der Waals surface area contributed by atoms with Crippen LogP contribution in [0.5, 0.6) is 0 Å². The number of hydrogen-bond donors (Lipinski definition) is 0. The predicted molar refractivity (Wildman–Crippen MR) is 83.7 cm³/mol. The Balaban J connectivity index is 1.88. The van der Waals surface area contributed by atoms with Crippen LogP contribution in [0, 0.1) is 11.3 Å². The Hall–Kier alpha value is -2.62. The van der Waals surface area contributed by atoms with Gasteiger partial charge in [0, 0.05) is 10.6 Å². The molecule has 0 aliphatic carbocycles. The van der Waals surface area contributed by atoms with Crippen LogP contribution in [0.2, 0.25) is 5.02 Å². The summed E-state index contributed by atoms with van der Waals surface area (Å²) in [5, 5.41) is 15.3. The Morgan fingerprint density at radius 2 is 2.05 bits per heavy atom. The number of rotatable bonds is 2. The van der Waals surface area contributed by atoms with E-state index < -0.39 is 0 Å². The molecule has 0 aliphatic rings. The van der Waals surface area contributed by atoms with Crippen LogP contribution in [0.25, 0.3) is 27.0 Å². The van der Waals surface area contributed by atoms with Gasteiger partial charge in [-0.2, -0.15) is 14.9 Å². The first-order chi connectivity index (χ1) is 10.8. The normalized spacial score (nSPS) is 10.9. The lowest BCUT2D eigenvalue weighted by Crippen LogP contribution is -1.90. The minimum Gasteiger partial charge on any atom is -0.463 e. The lowest BCUT2D eigenvalue weighted by Gasteiger charge is -1.95. The number of aromatic nitrogens is 3. The number of nitrogens with zero attached hydrogens (tertiary/aromatic N) is 4. The van der Waals surface area contributed by atoms with Crippen LogP contribution >= 0.6 is 22.9 Å². The van der Waals surface area contributed by atoms with E-state index in [-0.39, 0.29) is 0 Å². The second kappa shape index (κ2) is 4.98. The number of furan rings is 1. The van der Waals surface area contributed by atoms with E-state index in [0.29, 0.717) is 27.1 Å².